The summed E-state index contributed by atoms with van der Waals surface area (Å²) in [6.07, 6.45) is 6.22. The molecular weight excluding hydrogens is 146 g/mol. The summed E-state index contributed by atoms with van der Waals surface area (Å²) in [4.78, 5) is 10.5. The quantitative estimate of drug-likeness (QED) is 0.637. The molecule has 10 heavy (non-hydrogen) atoms. The molecule has 1 aliphatic carbocycles. The lowest BCUT2D eigenvalue weighted by atomic mass is 10.0. The molecule has 0 aromatic carbocycles. The first-order valence-electron chi connectivity index (χ1n) is 3.75. The van der Waals surface area contributed by atoms with Crippen LogP contribution in [0.2, 0.25) is 0 Å². The van der Waals surface area contributed by atoms with E-state index >= 15 is 0 Å². The van der Waals surface area contributed by atoms with E-state index in [4.69, 9.17) is 5.73 Å². The predicted molar refractivity (Wildman–Crippen MR) is 44.0 cm³/mol. The van der Waals surface area contributed by atoms with E-state index in [1.165, 1.54) is 43.9 Å². The minimum absolute atomic E-state index is 0.216. The van der Waals surface area contributed by atoms with Gasteiger partial charge < -0.3 is 5.73 Å². The molecule has 0 aliphatic heterocycles. The van der Waals surface area contributed by atoms with Crippen LogP contribution in [-0.2, 0) is 0 Å². The topological polar surface area (TPSA) is 43.1 Å². The second kappa shape index (κ2) is 3.86. The molecule has 3 heteroatoms. The average Bonchev–Trinajstić information content (AvgIpc) is 1.88. The van der Waals surface area contributed by atoms with Crippen LogP contribution in [0, 0.1) is 0 Å². The zero-order valence-electron chi connectivity index (χ0n) is 6.01. The Kier molecular flexibility index (Phi) is 3.06. The lowest BCUT2D eigenvalue weighted by Gasteiger charge is -2.18. The highest BCUT2D eigenvalue weighted by Gasteiger charge is 2.15. The number of thioether (sulfide) groups is 1. The van der Waals surface area contributed by atoms with Gasteiger partial charge in [-0.05, 0) is 12.8 Å². The lowest BCUT2D eigenvalue weighted by Crippen LogP contribution is -2.14. The molecule has 0 saturated heterocycles. The number of amides is 1. The van der Waals surface area contributed by atoms with Crippen LogP contribution in [0.1, 0.15) is 32.1 Å². The predicted octanol–water partition coefficient (Wildman–Crippen LogP) is 2.13. The molecular formula is C7H13NOS. The van der Waals surface area contributed by atoms with E-state index < -0.39 is 0 Å². The van der Waals surface area contributed by atoms with Crippen LogP contribution in [-0.4, -0.2) is 10.5 Å². The summed E-state index contributed by atoms with van der Waals surface area (Å²) in [7, 11) is 0. The maximum absolute atomic E-state index is 10.5. The molecule has 0 spiro atoms. The Bertz CT molecular complexity index is 121. The van der Waals surface area contributed by atoms with Gasteiger partial charge in [0.1, 0.15) is 0 Å². The lowest BCUT2D eigenvalue weighted by molar-refractivity contribution is 0.267. The van der Waals surface area contributed by atoms with Crippen LogP contribution in [0.5, 0.6) is 0 Å². The van der Waals surface area contributed by atoms with Crippen molar-refractivity contribution in [3.63, 3.8) is 0 Å². The molecule has 0 unspecified atom stereocenters. The van der Waals surface area contributed by atoms with Crippen LogP contribution < -0.4 is 5.73 Å². The first-order valence-corrected chi connectivity index (χ1v) is 4.63. The molecule has 1 fully saturated rings. The molecule has 1 rings (SSSR count). The van der Waals surface area contributed by atoms with Gasteiger partial charge in [0, 0.05) is 5.25 Å². The minimum atomic E-state index is -0.216. The summed E-state index contributed by atoms with van der Waals surface area (Å²) in [6, 6.07) is 0. The Morgan fingerprint density at radius 1 is 1.30 bits per heavy atom. The van der Waals surface area contributed by atoms with Crippen LogP contribution >= 0.6 is 11.8 Å². The van der Waals surface area contributed by atoms with Crippen molar-refractivity contribution >= 4 is 17.0 Å². The average molecular weight is 159 g/mol. The van der Waals surface area contributed by atoms with Gasteiger partial charge in [0.15, 0.2) is 0 Å². The standard InChI is InChI=1S/C7H13NOS/c8-7(9)10-6-4-2-1-3-5-6/h6H,1-5H2,(H2,8,9). The molecule has 0 aromatic rings. The van der Waals surface area contributed by atoms with E-state index in [0.29, 0.717) is 5.25 Å². The molecule has 0 radical (unpaired) electrons. The van der Waals surface area contributed by atoms with Crippen LogP contribution in [0.3, 0.4) is 0 Å². The highest BCUT2D eigenvalue weighted by atomic mass is 32.2. The second-order valence-corrected chi connectivity index (χ2v) is 4.00. The van der Waals surface area contributed by atoms with E-state index in [-0.39, 0.29) is 5.24 Å². The monoisotopic (exact) mass is 159 g/mol. The summed E-state index contributed by atoms with van der Waals surface area (Å²) in [5, 5.41) is 0.304. The number of rotatable bonds is 1. The molecule has 0 heterocycles. The first-order chi connectivity index (χ1) is 4.79. The molecule has 2 nitrogen and oxygen atoms in total. The normalized spacial score (nSPS) is 20.8. The molecule has 58 valence electrons. The van der Waals surface area contributed by atoms with E-state index in [1.807, 2.05) is 0 Å². The van der Waals surface area contributed by atoms with Gasteiger partial charge in [0.05, 0.1) is 0 Å². The Hall–Kier alpha value is -0.180. The van der Waals surface area contributed by atoms with Gasteiger partial charge in [-0.25, -0.2) is 0 Å². The van der Waals surface area contributed by atoms with E-state index in [0.717, 1.165) is 0 Å². The number of hydrogen-bond acceptors (Lipinski definition) is 2. The van der Waals surface area contributed by atoms with Gasteiger partial charge in [-0.2, -0.15) is 0 Å². The summed E-state index contributed by atoms with van der Waals surface area (Å²) in [5.74, 6) is 0. The SMILES string of the molecule is NC(=O)SC1CCCCC1. The van der Waals surface area contributed by atoms with Crippen molar-refractivity contribution in [2.45, 2.75) is 37.4 Å². The number of carbonyl (C=O) groups excluding carboxylic acids is 1. The highest BCUT2D eigenvalue weighted by molar-refractivity contribution is 8.14. The Balaban J connectivity index is 2.19. The van der Waals surface area contributed by atoms with Crippen molar-refractivity contribution in [1.29, 1.82) is 0 Å². The number of nitrogens with two attached hydrogens (primary N) is 1. The third-order valence-corrected chi connectivity index (χ3v) is 2.87. The van der Waals surface area contributed by atoms with Gasteiger partial charge in [-0.15, -0.1) is 0 Å². The summed E-state index contributed by atoms with van der Waals surface area (Å²) in [6.45, 7) is 0. The molecule has 0 aromatic heterocycles. The largest absolute Gasteiger partial charge is 0.361 e. The van der Waals surface area contributed by atoms with Gasteiger partial charge in [-0.1, -0.05) is 31.0 Å². The number of carbonyl (C=O) groups is 1. The van der Waals surface area contributed by atoms with Crippen molar-refractivity contribution in [3.05, 3.63) is 0 Å². The fourth-order valence-electron chi connectivity index (χ4n) is 1.35. The van der Waals surface area contributed by atoms with Crippen molar-refractivity contribution in [2.24, 2.45) is 5.73 Å². The zero-order chi connectivity index (χ0) is 7.40. The number of primary amides is 1. The van der Waals surface area contributed by atoms with E-state index in [1.54, 1.807) is 0 Å². The van der Waals surface area contributed by atoms with Gasteiger partial charge in [0.2, 0.25) is 0 Å². The minimum Gasteiger partial charge on any atom is -0.361 e. The smallest absolute Gasteiger partial charge is 0.276 e. The highest BCUT2D eigenvalue weighted by Crippen LogP contribution is 2.27. The molecule has 0 atom stereocenters. The second-order valence-electron chi connectivity index (χ2n) is 2.70. The third kappa shape index (κ3) is 2.60. The molecule has 2 N–H and O–H groups in total. The molecule has 0 bridgehead atoms. The Morgan fingerprint density at radius 2 is 1.90 bits per heavy atom. The van der Waals surface area contributed by atoms with Crippen molar-refractivity contribution in [2.75, 3.05) is 0 Å². The van der Waals surface area contributed by atoms with Crippen molar-refractivity contribution in [3.8, 4) is 0 Å². The fraction of sp³-hybridized carbons (Fsp3) is 0.857. The summed E-state index contributed by atoms with van der Waals surface area (Å²) >= 11 is 1.31. The van der Waals surface area contributed by atoms with Crippen LogP contribution in [0.15, 0.2) is 0 Å². The maximum atomic E-state index is 10.5. The molecule has 1 saturated carbocycles. The zero-order valence-corrected chi connectivity index (χ0v) is 6.82. The first kappa shape index (κ1) is 7.92. The van der Waals surface area contributed by atoms with Crippen LogP contribution in [0.4, 0.5) is 4.79 Å². The third-order valence-electron chi connectivity index (χ3n) is 1.84. The van der Waals surface area contributed by atoms with Crippen molar-refractivity contribution < 1.29 is 4.79 Å². The van der Waals surface area contributed by atoms with Crippen molar-refractivity contribution in [1.82, 2.24) is 0 Å². The Labute approximate surface area is 65.5 Å². The van der Waals surface area contributed by atoms with Crippen LogP contribution in [0.25, 0.3) is 0 Å². The number of hydrogen-bond donors (Lipinski definition) is 1. The molecule has 1 amide bonds. The van der Waals surface area contributed by atoms with Gasteiger partial charge in [0.25, 0.3) is 5.24 Å². The van der Waals surface area contributed by atoms with Gasteiger partial charge >= 0.3 is 0 Å². The molecule has 1 aliphatic rings. The summed E-state index contributed by atoms with van der Waals surface area (Å²) in [5.41, 5.74) is 5.05. The van der Waals surface area contributed by atoms with E-state index in [2.05, 4.69) is 0 Å². The Morgan fingerprint density at radius 3 is 2.40 bits per heavy atom. The summed E-state index contributed by atoms with van der Waals surface area (Å²) < 4.78 is 0. The van der Waals surface area contributed by atoms with Gasteiger partial charge in [-0.3, -0.25) is 4.79 Å². The maximum Gasteiger partial charge on any atom is 0.276 e. The fourth-order valence-corrected chi connectivity index (χ4v) is 2.24. The van der Waals surface area contributed by atoms with E-state index in [9.17, 15) is 4.79 Å².